The molecule has 5 heteroatoms. The molecule has 2 N–H and O–H groups in total. The largest absolute Gasteiger partial charge is 0.374 e. The molecule has 1 aliphatic heterocycles. The lowest BCUT2D eigenvalue weighted by molar-refractivity contribution is -0.0319. The predicted molar refractivity (Wildman–Crippen MR) is 73.0 cm³/mol. The molecule has 0 saturated carbocycles. The Labute approximate surface area is 115 Å². The van der Waals surface area contributed by atoms with Crippen LogP contribution in [-0.4, -0.2) is 43.8 Å². The Balaban J connectivity index is 1.99. The van der Waals surface area contributed by atoms with Crippen molar-refractivity contribution in [2.75, 3.05) is 26.7 Å². The summed E-state index contributed by atoms with van der Waals surface area (Å²) in [5, 5.41) is 0. The highest BCUT2D eigenvalue weighted by atomic mass is 79.9. The van der Waals surface area contributed by atoms with Gasteiger partial charge in [-0.15, -0.1) is 0 Å². The number of rotatable bonds is 3. The maximum atomic E-state index is 13.0. The van der Waals surface area contributed by atoms with Gasteiger partial charge in [-0.2, -0.15) is 0 Å². The molecule has 0 amide bonds. The Hall–Kier alpha value is -0.490. The van der Waals surface area contributed by atoms with Crippen LogP contribution >= 0.6 is 15.9 Å². The van der Waals surface area contributed by atoms with E-state index in [1.165, 1.54) is 12.1 Å². The van der Waals surface area contributed by atoms with Crippen molar-refractivity contribution >= 4 is 15.9 Å². The molecule has 2 rings (SSSR count). The van der Waals surface area contributed by atoms with Crippen LogP contribution in [0.4, 0.5) is 4.39 Å². The van der Waals surface area contributed by atoms with E-state index in [0.29, 0.717) is 6.42 Å². The molecular formula is C13H18BrFN2O. The van der Waals surface area contributed by atoms with Gasteiger partial charge in [0, 0.05) is 23.6 Å². The van der Waals surface area contributed by atoms with E-state index in [9.17, 15) is 4.39 Å². The summed E-state index contributed by atoms with van der Waals surface area (Å²) >= 11 is 3.36. The predicted octanol–water partition coefficient (Wildman–Crippen LogP) is 1.79. The average molecular weight is 317 g/mol. The molecule has 3 nitrogen and oxygen atoms in total. The first kappa shape index (κ1) is 13.9. The monoisotopic (exact) mass is 316 g/mol. The number of nitrogens with zero attached hydrogens (tertiary/aromatic N) is 1. The van der Waals surface area contributed by atoms with Gasteiger partial charge in [-0.05, 0) is 31.2 Å². The number of likely N-dealkylation sites (N-methyl/N-ethyl adjacent to an activating group) is 1. The second kappa shape index (κ2) is 6.10. The molecule has 0 spiro atoms. The maximum absolute atomic E-state index is 13.0. The lowest BCUT2D eigenvalue weighted by atomic mass is 10.0. The smallest absolute Gasteiger partial charge is 0.124 e. The Morgan fingerprint density at radius 2 is 2.39 bits per heavy atom. The molecule has 1 heterocycles. The Morgan fingerprint density at radius 3 is 3.06 bits per heavy atom. The molecule has 1 fully saturated rings. The molecule has 0 aliphatic carbocycles. The van der Waals surface area contributed by atoms with Crippen LogP contribution in [0.25, 0.3) is 0 Å². The summed E-state index contributed by atoms with van der Waals surface area (Å²) in [4.78, 5) is 2.22. The van der Waals surface area contributed by atoms with Crippen molar-refractivity contribution in [3.63, 3.8) is 0 Å². The number of hydrogen-bond donors (Lipinski definition) is 1. The molecule has 100 valence electrons. The van der Waals surface area contributed by atoms with E-state index in [1.54, 1.807) is 6.07 Å². The Kier molecular flexibility index (Phi) is 4.72. The first-order valence-electron chi connectivity index (χ1n) is 6.06. The molecule has 1 aromatic carbocycles. The normalized spacial score (nSPS) is 23.0. The lowest BCUT2D eigenvalue weighted by Gasteiger charge is -2.33. The Morgan fingerprint density at radius 1 is 1.61 bits per heavy atom. The minimum Gasteiger partial charge on any atom is -0.374 e. The molecule has 2 unspecified atom stereocenters. The fourth-order valence-corrected chi connectivity index (χ4v) is 2.66. The van der Waals surface area contributed by atoms with E-state index < -0.39 is 0 Å². The summed E-state index contributed by atoms with van der Waals surface area (Å²) in [6, 6.07) is 4.62. The van der Waals surface area contributed by atoms with Crippen molar-refractivity contribution in [2.24, 2.45) is 5.73 Å². The quantitative estimate of drug-likeness (QED) is 0.924. The van der Waals surface area contributed by atoms with Gasteiger partial charge >= 0.3 is 0 Å². The molecule has 2 atom stereocenters. The summed E-state index contributed by atoms with van der Waals surface area (Å²) in [5.41, 5.74) is 7.20. The van der Waals surface area contributed by atoms with E-state index in [2.05, 4.69) is 27.9 Å². The minimum absolute atomic E-state index is 0.0423. The van der Waals surface area contributed by atoms with E-state index >= 15 is 0 Å². The number of morpholine rings is 1. The van der Waals surface area contributed by atoms with E-state index in [4.69, 9.17) is 10.5 Å². The lowest BCUT2D eigenvalue weighted by Crippen LogP contribution is -2.50. The number of benzene rings is 1. The fourth-order valence-electron chi connectivity index (χ4n) is 2.14. The van der Waals surface area contributed by atoms with Gasteiger partial charge in [0.25, 0.3) is 0 Å². The minimum atomic E-state index is -0.243. The van der Waals surface area contributed by atoms with Gasteiger partial charge in [0.1, 0.15) is 5.82 Å². The number of halogens is 2. The van der Waals surface area contributed by atoms with Crippen molar-refractivity contribution < 1.29 is 9.13 Å². The number of nitrogens with two attached hydrogens (primary N) is 1. The van der Waals surface area contributed by atoms with Crippen molar-refractivity contribution in [3.8, 4) is 0 Å². The third kappa shape index (κ3) is 3.51. The zero-order valence-corrected chi connectivity index (χ0v) is 12.0. The molecule has 1 saturated heterocycles. The molecule has 0 radical (unpaired) electrons. The number of ether oxygens (including phenoxy) is 1. The summed E-state index contributed by atoms with van der Waals surface area (Å²) in [5.74, 6) is -0.243. The van der Waals surface area contributed by atoms with Crippen LogP contribution in [0.3, 0.4) is 0 Å². The van der Waals surface area contributed by atoms with E-state index in [-0.39, 0.29) is 18.0 Å². The van der Waals surface area contributed by atoms with Crippen LogP contribution in [0.1, 0.15) is 5.56 Å². The Bertz CT molecular complexity index is 416. The first-order valence-corrected chi connectivity index (χ1v) is 6.85. The van der Waals surface area contributed by atoms with Gasteiger partial charge in [-0.3, -0.25) is 0 Å². The van der Waals surface area contributed by atoms with Crippen LogP contribution < -0.4 is 5.73 Å². The summed E-state index contributed by atoms with van der Waals surface area (Å²) in [6.07, 6.45) is 0.722. The van der Waals surface area contributed by atoms with E-state index in [0.717, 1.165) is 29.7 Å². The van der Waals surface area contributed by atoms with Crippen molar-refractivity contribution in [2.45, 2.75) is 18.6 Å². The van der Waals surface area contributed by atoms with Crippen molar-refractivity contribution in [3.05, 3.63) is 34.1 Å². The molecule has 18 heavy (non-hydrogen) atoms. The van der Waals surface area contributed by atoms with Crippen molar-refractivity contribution in [1.82, 2.24) is 4.90 Å². The van der Waals surface area contributed by atoms with Gasteiger partial charge < -0.3 is 15.4 Å². The van der Waals surface area contributed by atoms with Crippen molar-refractivity contribution in [1.29, 1.82) is 0 Å². The standard InChI is InChI=1S/C13H18BrFN2O/c1-17-4-5-18-13(8-17)12(16)6-9-2-3-10(15)7-11(9)14/h2-3,7,12-13H,4-6,8,16H2,1H3. The first-order chi connectivity index (χ1) is 8.56. The van der Waals surface area contributed by atoms with Gasteiger partial charge in [0.15, 0.2) is 0 Å². The SMILES string of the molecule is CN1CCOC(C(N)Cc2ccc(F)cc2Br)C1. The van der Waals surface area contributed by atoms with Gasteiger partial charge in [0.05, 0.1) is 12.7 Å². The van der Waals surface area contributed by atoms with Crippen LogP contribution in [0.15, 0.2) is 22.7 Å². The van der Waals surface area contributed by atoms with Gasteiger partial charge in [-0.25, -0.2) is 4.39 Å². The van der Waals surface area contributed by atoms with Gasteiger partial charge in [0.2, 0.25) is 0 Å². The highest BCUT2D eigenvalue weighted by Gasteiger charge is 2.24. The third-order valence-electron chi connectivity index (χ3n) is 3.24. The maximum Gasteiger partial charge on any atom is 0.124 e. The molecule has 1 aliphatic rings. The molecule has 0 bridgehead atoms. The molecule has 1 aromatic rings. The molecule has 0 aromatic heterocycles. The zero-order valence-electron chi connectivity index (χ0n) is 10.4. The zero-order chi connectivity index (χ0) is 13.1. The van der Waals surface area contributed by atoms with Crippen LogP contribution in [-0.2, 0) is 11.2 Å². The second-order valence-electron chi connectivity index (χ2n) is 4.78. The average Bonchev–Trinajstić information content (AvgIpc) is 2.32. The number of hydrogen-bond acceptors (Lipinski definition) is 3. The van der Waals surface area contributed by atoms with Crippen LogP contribution in [0.2, 0.25) is 0 Å². The van der Waals surface area contributed by atoms with E-state index in [1.807, 2.05) is 0 Å². The molecular weight excluding hydrogens is 299 g/mol. The van der Waals surface area contributed by atoms with Crippen LogP contribution in [0.5, 0.6) is 0 Å². The second-order valence-corrected chi connectivity index (χ2v) is 5.63. The summed E-state index contributed by atoms with van der Waals surface area (Å²) < 4.78 is 19.5. The summed E-state index contributed by atoms with van der Waals surface area (Å²) in [6.45, 7) is 2.52. The van der Waals surface area contributed by atoms with Gasteiger partial charge in [-0.1, -0.05) is 22.0 Å². The van der Waals surface area contributed by atoms with Crippen LogP contribution in [0, 0.1) is 5.82 Å². The highest BCUT2D eigenvalue weighted by Crippen LogP contribution is 2.20. The topological polar surface area (TPSA) is 38.5 Å². The summed E-state index contributed by atoms with van der Waals surface area (Å²) in [7, 11) is 2.07. The fraction of sp³-hybridized carbons (Fsp3) is 0.538. The highest BCUT2D eigenvalue weighted by molar-refractivity contribution is 9.10. The third-order valence-corrected chi connectivity index (χ3v) is 3.98.